The fourth-order valence-electron chi connectivity index (χ4n) is 3.47. The SMILES string of the molecule is O=C(Cc1csc(NC(=O)NC2CCCC2)n1)Nc1ccccc1Oc1ccccc1. The highest BCUT2D eigenvalue weighted by atomic mass is 32.1. The molecule has 4 rings (SSSR count). The standard InChI is InChI=1S/C23H24N4O3S/c28-21(26-19-12-6-7-13-20(19)30-18-10-2-1-3-11-18)14-17-15-31-23(25-17)27-22(29)24-16-8-4-5-9-16/h1-3,6-7,10-13,15-16H,4-5,8-9,14H2,(H,26,28)(H2,24,25,27,29). The number of benzene rings is 2. The van der Waals surface area contributed by atoms with Gasteiger partial charge in [-0.3, -0.25) is 10.1 Å². The van der Waals surface area contributed by atoms with E-state index in [-0.39, 0.29) is 24.4 Å². The van der Waals surface area contributed by atoms with Gasteiger partial charge in [0.2, 0.25) is 5.91 Å². The van der Waals surface area contributed by atoms with Gasteiger partial charge >= 0.3 is 6.03 Å². The molecule has 0 aliphatic heterocycles. The summed E-state index contributed by atoms with van der Waals surface area (Å²) in [5.74, 6) is 1.04. The smallest absolute Gasteiger partial charge is 0.321 e. The number of para-hydroxylation sites is 3. The molecule has 0 spiro atoms. The van der Waals surface area contributed by atoms with Gasteiger partial charge in [0.05, 0.1) is 17.8 Å². The number of anilines is 2. The summed E-state index contributed by atoms with van der Waals surface area (Å²) in [7, 11) is 0. The monoisotopic (exact) mass is 436 g/mol. The first-order chi connectivity index (χ1) is 15.2. The van der Waals surface area contributed by atoms with Crippen LogP contribution in [0.4, 0.5) is 15.6 Å². The van der Waals surface area contributed by atoms with E-state index < -0.39 is 0 Å². The first-order valence-corrected chi connectivity index (χ1v) is 11.2. The molecule has 1 fully saturated rings. The van der Waals surface area contributed by atoms with Crippen LogP contribution in [-0.2, 0) is 11.2 Å². The molecule has 3 amide bonds. The third-order valence-corrected chi connectivity index (χ3v) is 5.74. The Morgan fingerprint density at radius 3 is 2.55 bits per heavy atom. The van der Waals surface area contributed by atoms with Gasteiger partial charge in [0, 0.05) is 11.4 Å². The molecule has 2 aromatic carbocycles. The van der Waals surface area contributed by atoms with Gasteiger partial charge in [-0.2, -0.15) is 0 Å². The van der Waals surface area contributed by atoms with Crippen LogP contribution in [0, 0.1) is 0 Å². The number of urea groups is 1. The minimum Gasteiger partial charge on any atom is -0.455 e. The van der Waals surface area contributed by atoms with Crippen LogP contribution in [0.15, 0.2) is 60.0 Å². The number of carbonyl (C=O) groups is 2. The maximum atomic E-state index is 12.5. The van der Waals surface area contributed by atoms with E-state index in [9.17, 15) is 9.59 Å². The Hall–Kier alpha value is -3.39. The van der Waals surface area contributed by atoms with Gasteiger partial charge in [-0.05, 0) is 37.1 Å². The van der Waals surface area contributed by atoms with Crippen LogP contribution in [-0.4, -0.2) is 23.0 Å². The number of hydrogen-bond donors (Lipinski definition) is 3. The summed E-state index contributed by atoms with van der Waals surface area (Å²) < 4.78 is 5.88. The van der Waals surface area contributed by atoms with Gasteiger partial charge < -0.3 is 15.4 Å². The van der Waals surface area contributed by atoms with Gasteiger partial charge in [0.15, 0.2) is 10.9 Å². The van der Waals surface area contributed by atoms with Crippen molar-refractivity contribution in [3.8, 4) is 11.5 Å². The molecule has 1 aliphatic rings. The van der Waals surface area contributed by atoms with Crippen LogP contribution in [0.2, 0.25) is 0 Å². The van der Waals surface area contributed by atoms with Crippen molar-refractivity contribution < 1.29 is 14.3 Å². The van der Waals surface area contributed by atoms with E-state index in [1.165, 1.54) is 11.3 Å². The van der Waals surface area contributed by atoms with Crippen LogP contribution in [0.3, 0.4) is 0 Å². The summed E-state index contributed by atoms with van der Waals surface area (Å²) >= 11 is 1.30. The van der Waals surface area contributed by atoms with E-state index in [1.54, 1.807) is 17.5 Å². The summed E-state index contributed by atoms with van der Waals surface area (Å²) in [6, 6.07) is 16.7. The molecule has 160 valence electrons. The molecule has 7 nitrogen and oxygen atoms in total. The van der Waals surface area contributed by atoms with Crippen molar-refractivity contribution in [2.45, 2.75) is 38.1 Å². The van der Waals surface area contributed by atoms with E-state index in [4.69, 9.17) is 4.74 Å². The first kappa shape index (κ1) is 20.9. The second-order valence-corrected chi connectivity index (χ2v) is 8.22. The van der Waals surface area contributed by atoms with Gasteiger partial charge in [0.25, 0.3) is 0 Å². The average molecular weight is 437 g/mol. The molecule has 31 heavy (non-hydrogen) atoms. The normalized spacial score (nSPS) is 13.5. The summed E-state index contributed by atoms with van der Waals surface area (Å²) in [6.07, 6.45) is 4.45. The molecule has 0 atom stereocenters. The van der Waals surface area contributed by atoms with E-state index in [0.717, 1.165) is 25.7 Å². The molecule has 0 radical (unpaired) electrons. The van der Waals surface area contributed by atoms with Gasteiger partial charge in [-0.1, -0.05) is 43.2 Å². The van der Waals surface area contributed by atoms with Gasteiger partial charge in [-0.25, -0.2) is 9.78 Å². The highest BCUT2D eigenvalue weighted by molar-refractivity contribution is 7.13. The third-order valence-electron chi connectivity index (χ3n) is 4.94. The third kappa shape index (κ3) is 6.05. The van der Waals surface area contributed by atoms with Crippen molar-refractivity contribution in [3.63, 3.8) is 0 Å². The first-order valence-electron chi connectivity index (χ1n) is 10.3. The van der Waals surface area contributed by atoms with Crippen molar-refractivity contribution in [3.05, 3.63) is 65.7 Å². The van der Waals surface area contributed by atoms with Crippen LogP contribution in [0.5, 0.6) is 11.5 Å². The predicted octanol–water partition coefficient (Wildman–Crippen LogP) is 5.18. The highest BCUT2D eigenvalue weighted by Crippen LogP contribution is 2.29. The number of rotatable bonds is 7. The van der Waals surface area contributed by atoms with E-state index in [1.807, 2.05) is 42.5 Å². The molecule has 3 aromatic rings. The predicted molar refractivity (Wildman–Crippen MR) is 122 cm³/mol. The minimum atomic E-state index is -0.246. The second kappa shape index (κ2) is 10.1. The summed E-state index contributed by atoms with van der Waals surface area (Å²) in [5.41, 5.74) is 1.18. The van der Waals surface area contributed by atoms with Crippen LogP contribution in [0.1, 0.15) is 31.4 Å². The lowest BCUT2D eigenvalue weighted by Crippen LogP contribution is -2.36. The molecule has 3 N–H and O–H groups in total. The topological polar surface area (TPSA) is 92.4 Å². The molecule has 0 bridgehead atoms. The van der Waals surface area contributed by atoms with Crippen molar-refractivity contribution >= 4 is 34.1 Å². The zero-order chi connectivity index (χ0) is 21.5. The summed E-state index contributed by atoms with van der Waals surface area (Å²) in [5, 5.41) is 10.8. The maximum absolute atomic E-state index is 12.5. The molecular weight excluding hydrogens is 412 g/mol. The van der Waals surface area contributed by atoms with Crippen molar-refractivity contribution in [1.29, 1.82) is 0 Å². The van der Waals surface area contributed by atoms with E-state index >= 15 is 0 Å². The summed E-state index contributed by atoms with van der Waals surface area (Å²) in [4.78, 5) is 29.0. The number of aromatic nitrogens is 1. The molecular formula is C23H24N4O3S. The van der Waals surface area contributed by atoms with Crippen LogP contribution < -0.4 is 20.7 Å². The Kier molecular flexibility index (Phi) is 6.78. The Bertz CT molecular complexity index is 1030. The fourth-order valence-corrected chi connectivity index (χ4v) is 4.17. The Morgan fingerprint density at radius 1 is 1.00 bits per heavy atom. The van der Waals surface area contributed by atoms with E-state index in [2.05, 4.69) is 20.9 Å². The quantitative estimate of drug-likeness (QED) is 0.476. The number of nitrogens with one attached hydrogen (secondary N) is 3. The largest absolute Gasteiger partial charge is 0.455 e. The fraction of sp³-hybridized carbons (Fsp3) is 0.261. The summed E-state index contributed by atoms with van der Waals surface area (Å²) in [6.45, 7) is 0. The lowest BCUT2D eigenvalue weighted by molar-refractivity contribution is -0.115. The molecule has 1 heterocycles. The molecule has 0 saturated heterocycles. The Balaban J connectivity index is 1.32. The number of ether oxygens (including phenoxy) is 1. The number of amides is 3. The molecule has 1 aliphatic carbocycles. The molecule has 0 unspecified atom stereocenters. The van der Waals surface area contributed by atoms with Crippen LogP contribution >= 0.6 is 11.3 Å². The number of carbonyl (C=O) groups excluding carboxylic acids is 2. The van der Waals surface area contributed by atoms with E-state index in [0.29, 0.717) is 28.0 Å². The number of hydrogen-bond acceptors (Lipinski definition) is 5. The Labute approximate surface area is 184 Å². The molecule has 8 heteroatoms. The Morgan fingerprint density at radius 2 is 1.74 bits per heavy atom. The molecule has 1 aromatic heterocycles. The lowest BCUT2D eigenvalue weighted by Gasteiger charge is -2.12. The van der Waals surface area contributed by atoms with Crippen molar-refractivity contribution in [1.82, 2.24) is 10.3 Å². The van der Waals surface area contributed by atoms with Gasteiger partial charge in [-0.15, -0.1) is 11.3 Å². The van der Waals surface area contributed by atoms with Crippen LogP contribution in [0.25, 0.3) is 0 Å². The zero-order valence-electron chi connectivity index (χ0n) is 17.0. The average Bonchev–Trinajstić information content (AvgIpc) is 3.42. The minimum absolute atomic E-state index is 0.0993. The number of thiazole rings is 1. The molecule has 1 saturated carbocycles. The maximum Gasteiger partial charge on any atom is 0.321 e. The number of nitrogens with zero attached hydrogens (tertiary/aromatic N) is 1. The zero-order valence-corrected chi connectivity index (χ0v) is 17.8. The second-order valence-electron chi connectivity index (χ2n) is 7.36. The van der Waals surface area contributed by atoms with Crippen molar-refractivity contribution in [2.75, 3.05) is 10.6 Å². The van der Waals surface area contributed by atoms with Gasteiger partial charge in [0.1, 0.15) is 5.75 Å². The van der Waals surface area contributed by atoms with Crippen molar-refractivity contribution in [2.24, 2.45) is 0 Å². The highest BCUT2D eigenvalue weighted by Gasteiger charge is 2.18. The lowest BCUT2D eigenvalue weighted by atomic mass is 10.2.